The molecule has 3 nitrogen and oxygen atoms in total. The molecule has 1 atom stereocenters. The molecule has 0 spiro atoms. The predicted octanol–water partition coefficient (Wildman–Crippen LogP) is 0.993. The number of hydrogen-bond donors (Lipinski definition) is 2. The summed E-state index contributed by atoms with van der Waals surface area (Å²) < 4.78 is 0. The summed E-state index contributed by atoms with van der Waals surface area (Å²) in [6, 6.07) is 0. The summed E-state index contributed by atoms with van der Waals surface area (Å²) in [6.07, 6.45) is 5.15. The van der Waals surface area contributed by atoms with Crippen LogP contribution < -0.4 is 5.32 Å². The van der Waals surface area contributed by atoms with Gasteiger partial charge in [0, 0.05) is 0 Å². The quantitative estimate of drug-likeness (QED) is 0.662. The second kappa shape index (κ2) is 2.73. The summed E-state index contributed by atoms with van der Waals surface area (Å²) in [4.78, 5) is 11.0. The molecule has 0 aromatic rings. The Balaban J connectivity index is 2.03. The van der Waals surface area contributed by atoms with Gasteiger partial charge in [-0.05, 0) is 31.7 Å². The molecule has 1 aliphatic carbocycles. The van der Waals surface area contributed by atoms with Gasteiger partial charge in [0.25, 0.3) is 0 Å². The van der Waals surface area contributed by atoms with E-state index in [0.717, 1.165) is 25.8 Å². The molecule has 0 amide bonds. The van der Waals surface area contributed by atoms with E-state index >= 15 is 0 Å². The molecule has 1 heterocycles. The normalized spacial score (nSPS) is 35.3. The fraction of sp³-hybridized carbons (Fsp3) is 0.889. The van der Waals surface area contributed by atoms with Gasteiger partial charge < -0.3 is 10.4 Å². The third kappa shape index (κ3) is 1.33. The molecular weight excluding hydrogens is 154 g/mol. The average molecular weight is 169 g/mol. The minimum Gasteiger partial charge on any atom is -0.480 e. The zero-order valence-corrected chi connectivity index (χ0v) is 7.18. The number of carbonyl (C=O) groups is 1. The number of nitrogens with one attached hydrogen (secondary N) is 1. The maximum Gasteiger partial charge on any atom is 0.323 e. The molecule has 1 saturated carbocycles. The third-order valence-electron chi connectivity index (χ3n) is 2.99. The number of carboxylic acids is 1. The van der Waals surface area contributed by atoms with Gasteiger partial charge in [-0.25, -0.2) is 0 Å². The van der Waals surface area contributed by atoms with E-state index in [-0.39, 0.29) is 0 Å². The highest BCUT2D eigenvalue weighted by atomic mass is 16.4. The molecule has 2 aliphatic rings. The molecule has 1 saturated heterocycles. The van der Waals surface area contributed by atoms with Gasteiger partial charge in [-0.15, -0.1) is 0 Å². The first kappa shape index (κ1) is 8.05. The van der Waals surface area contributed by atoms with E-state index in [1.165, 1.54) is 12.8 Å². The molecule has 0 radical (unpaired) electrons. The highest BCUT2D eigenvalue weighted by Crippen LogP contribution is 2.39. The van der Waals surface area contributed by atoms with Gasteiger partial charge in [-0.2, -0.15) is 0 Å². The fourth-order valence-electron chi connectivity index (χ4n) is 2.07. The van der Waals surface area contributed by atoms with Gasteiger partial charge >= 0.3 is 5.97 Å². The first-order chi connectivity index (χ1) is 5.73. The van der Waals surface area contributed by atoms with Gasteiger partial charge in [-0.1, -0.05) is 12.8 Å². The summed E-state index contributed by atoms with van der Waals surface area (Å²) in [5.74, 6) is 0.0404. The fourth-order valence-corrected chi connectivity index (χ4v) is 2.07. The molecule has 0 aromatic carbocycles. The van der Waals surface area contributed by atoms with Crippen LogP contribution in [0.25, 0.3) is 0 Å². The number of carboxylic acid groups (broad SMARTS) is 1. The molecule has 2 N–H and O–H groups in total. The molecule has 2 fully saturated rings. The molecule has 3 heteroatoms. The summed E-state index contributed by atoms with van der Waals surface area (Å²) in [6.45, 7) is 0.874. The molecule has 0 aromatic heterocycles. The van der Waals surface area contributed by atoms with Gasteiger partial charge in [-0.3, -0.25) is 4.79 Å². The lowest BCUT2D eigenvalue weighted by atomic mass is 9.91. The van der Waals surface area contributed by atoms with E-state index in [4.69, 9.17) is 5.11 Å². The topological polar surface area (TPSA) is 49.3 Å². The van der Waals surface area contributed by atoms with Crippen molar-refractivity contribution in [2.24, 2.45) is 5.92 Å². The Bertz CT molecular complexity index is 193. The van der Waals surface area contributed by atoms with Crippen molar-refractivity contribution in [2.45, 2.75) is 37.6 Å². The van der Waals surface area contributed by atoms with Crippen LogP contribution in [0.15, 0.2) is 0 Å². The number of rotatable bonds is 3. The molecule has 1 aliphatic heterocycles. The molecule has 2 rings (SSSR count). The Morgan fingerprint density at radius 2 is 2.33 bits per heavy atom. The van der Waals surface area contributed by atoms with Gasteiger partial charge in [0.15, 0.2) is 0 Å². The van der Waals surface area contributed by atoms with Gasteiger partial charge in [0.1, 0.15) is 5.54 Å². The Kier molecular flexibility index (Phi) is 1.83. The number of hydrogen-bond acceptors (Lipinski definition) is 2. The third-order valence-corrected chi connectivity index (χ3v) is 2.99. The van der Waals surface area contributed by atoms with Crippen molar-refractivity contribution in [1.29, 1.82) is 0 Å². The first-order valence-corrected chi connectivity index (χ1v) is 4.71. The number of aliphatic carboxylic acids is 1. The van der Waals surface area contributed by atoms with Crippen molar-refractivity contribution in [3.63, 3.8) is 0 Å². The first-order valence-electron chi connectivity index (χ1n) is 4.71. The van der Waals surface area contributed by atoms with Crippen LogP contribution in [-0.2, 0) is 4.79 Å². The second-order valence-electron chi connectivity index (χ2n) is 4.07. The second-order valence-corrected chi connectivity index (χ2v) is 4.07. The highest BCUT2D eigenvalue weighted by Gasteiger charge is 2.44. The molecule has 1 unspecified atom stereocenters. The SMILES string of the molecule is O=C(O)C1(CC2CC2)CCCN1. The zero-order valence-electron chi connectivity index (χ0n) is 7.18. The lowest BCUT2D eigenvalue weighted by Crippen LogP contribution is -2.47. The van der Waals surface area contributed by atoms with Gasteiger partial charge in [0.2, 0.25) is 0 Å². The Hall–Kier alpha value is -0.570. The summed E-state index contributed by atoms with van der Waals surface area (Å²) in [7, 11) is 0. The van der Waals surface area contributed by atoms with E-state index in [9.17, 15) is 4.79 Å². The van der Waals surface area contributed by atoms with E-state index in [2.05, 4.69) is 5.32 Å². The van der Waals surface area contributed by atoms with Crippen LogP contribution in [0, 0.1) is 5.92 Å². The van der Waals surface area contributed by atoms with Crippen LogP contribution in [0.5, 0.6) is 0 Å². The average Bonchev–Trinajstić information content (AvgIpc) is 2.66. The van der Waals surface area contributed by atoms with Crippen molar-refractivity contribution < 1.29 is 9.90 Å². The van der Waals surface area contributed by atoms with Crippen molar-refractivity contribution in [1.82, 2.24) is 5.32 Å². The lowest BCUT2D eigenvalue weighted by molar-refractivity contribution is -0.144. The maximum atomic E-state index is 11.0. The van der Waals surface area contributed by atoms with E-state index < -0.39 is 11.5 Å². The lowest BCUT2D eigenvalue weighted by Gasteiger charge is -2.23. The zero-order chi connectivity index (χ0) is 8.60. The summed E-state index contributed by atoms with van der Waals surface area (Å²) in [5.41, 5.74) is -0.554. The van der Waals surface area contributed by atoms with Crippen LogP contribution in [0.3, 0.4) is 0 Å². The maximum absolute atomic E-state index is 11.0. The van der Waals surface area contributed by atoms with Gasteiger partial charge in [0.05, 0.1) is 0 Å². The molecule has 12 heavy (non-hydrogen) atoms. The van der Waals surface area contributed by atoms with Crippen LogP contribution in [0.1, 0.15) is 32.1 Å². The highest BCUT2D eigenvalue weighted by molar-refractivity contribution is 5.79. The van der Waals surface area contributed by atoms with Crippen molar-refractivity contribution in [2.75, 3.05) is 6.54 Å². The van der Waals surface area contributed by atoms with Crippen LogP contribution in [-0.4, -0.2) is 23.2 Å². The minimum absolute atomic E-state index is 0.554. The van der Waals surface area contributed by atoms with Crippen molar-refractivity contribution in [3.05, 3.63) is 0 Å². The van der Waals surface area contributed by atoms with E-state index in [1.54, 1.807) is 0 Å². The Morgan fingerprint density at radius 3 is 2.75 bits per heavy atom. The standard InChI is InChI=1S/C9H15NO2/c11-8(12)9(4-1-5-10-9)6-7-2-3-7/h7,10H,1-6H2,(H,11,12). The van der Waals surface area contributed by atoms with Crippen molar-refractivity contribution >= 4 is 5.97 Å². The minimum atomic E-state index is -0.646. The van der Waals surface area contributed by atoms with Crippen LogP contribution >= 0.6 is 0 Å². The predicted molar refractivity (Wildman–Crippen MR) is 44.9 cm³/mol. The molecule has 68 valence electrons. The molecular formula is C9H15NO2. The Labute approximate surface area is 72.2 Å². The Morgan fingerprint density at radius 1 is 1.58 bits per heavy atom. The smallest absolute Gasteiger partial charge is 0.323 e. The monoisotopic (exact) mass is 169 g/mol. The van der Waals surface area contributed by atoms with Crippen LogP contribution in [0.2, 0.25) is 0 Å². The largest absolute Gasteiger partial charge is 0.480 e. The molecule has 0 bridgehead atoms. The van der Waals surface area contributed by atoms with Crippen molar-refractivity contribution in [3.8, 4) is 0 Å². The summed E-state index contributed by atoms with van der Waals surface area (Å²) in [5, 5.41) is 12.2. The van der Waals surface area contributed by atoms with Crippen LogP contribution in [0.4, 0.5) is 0 Å². The summed E-state index contributed by atoms with van der Waals surface area (Å²) >= 11 is 0. The van der Waals surface area contributed by atoms with E-state index in [1.807, 2.05) is 0 Å². The van der Waals surface area contributed by atoms with E-state index in [0.29, 0.717) is 5.92 Å².